The summed E-state index contributed by atoms with van der Waals surface area (Å²) in [7, 11) is 0. The molecule has 0 aliphatic carbocycles. The molecule has 1 unspecified atom stereocenters. The van der Waals surface area contributed by atoms with Crippen molar-refractivity contribution in [3.8, 4) is 6.07 Å². The van der Waals surface area contributed by atoms with Crippen LogP contribution in [0.3, 0.4) is 0 Å². The van der Waals surface area contributed by atoms with Gasteiger partial charge in [0.2, 0.25) is 5.95 Å². The first kappa shape index (κ1) is 16.2. The molecule has 1 atom stereocenters. The van der Waals surface area contributed by atoms with Crippen LogP contribution < -0.4 is 10.6 Å². The summed E-state index contributed by atoms with van der Waals surface area (Å²) in [5.41, 5.74) is 2.18. The third kappa shape index (κ3) is 4.41. The van der Waals surface area contributed by atoms with Gasteiger partial charge in [-0.1, -0.05) is 31.2 Å². The fraction of sp³-hybridized carbons (Fsp3) is 0.250. The number of hydrogen-bond donors (Lipinski definition) is 3. The molecule has 1 amide bonds. The highest BCUT2D eigenvalue weighted by molar-refractivity contribution is 5.97. The molecule has 1 aromatic carbocycles. The number of aromatic nitrogens is 3. The Morgan fingerprint density at radius 1 is 1.43 bits per heavy atom. The van der Waals surface area contributed by atoms with Gasteiger partial charge in [0, 0.05) is 6.20 Å². The van der Waals surface area contributed by atoms with Crippen LogP contribution in [0.5, 0.6) is 0 Å². The molecule has 1 aromatic heterocycles. The number of anilines is 1. The lowest BCUT2D eigenvalue weighted by Crippen LogP contribution is -2.28. The number of nitrogens with zero attached hydrogens (tertiary/aromatic N) is 3. The standard InChI is InChI=1S/C16H18N6O/c1-3-12-4-6-13(7-5-12)11(2)21-15(23)14(8-17)9-18-16-19-10-20-22-16/h4-7,9-11H,3H2,1-2H3,(H,21,23)(H2,18,19,20,22)/b14-9-. The van der Waals surface area contributed by atoms with Crippen molar-refractivity contribution in [1.29, 1.82) is 5.26 Å². The lowest BCUT2D eigenvalue weighted by molar-refractivity contribution is -0.117. The zero-order chi connectivity index (χ0) is 16.7. The quantitative estimate of drug-likeness (QED) is 0.559. The summed E-state index contributed by atoms with van der Waals surface area (Å²) >= 11 is 0. The maximum absolute atomic E-state index is 12.2. The zero-order valence-electron chi connectivity index (χ0n) is 13.0. The van der Waals surface area contributed by atoms with Gasteiger partial charge in [0.1, 0.15) is 18.0 Å². The van der Waals surface area contributed by atoms with Crippen LogP contribution >= 0.6 is 0 Å². The number of aryl methyl sites for hydroxylation is 1. The first-order valence-corrected chi connectivity index (χ1v) is 7.26. The highest BCUT2D eigenvalue weighted by Crippen LogP contribution is 2.14. The van der Waals surface area contributed by atoms with E-state index in [2.05, 4.69) is 32.7 Å². The monoisotopic (exact) mass is 310 g/mol. The maximum atomic E-state index is 12.2. The molecular weight excluding hydrogens is 292 g/mol. The molecule has 118 valence electrons. The summed E-state index contributed by atoms with van der Waals surface area (Å²) in [5.74, 6) is -0.0969. The summed E-state index contributed by atoms with van der Waals surface area (Å²) in [6.45, 7) is 3.96. The molecule has 0 aliphatic heterocycles. The number of rotatable bonds is 6. The van der Waals surface area contributed by atoms with Gasteiger partial charge in [-0.15, -0.1) is 0 Å². The van der Waals surface area contributed by atoms with Gasteiger partial charge in [-0.05, 0) is 24.5 Å². The van der Waals surface area contributed by atoms with Gasteiger partial charge < -0.3 is 10.6 Å². The second-order valence-electron chi connectivity index (χ2n) is 4.94. The van der Waals surface area contributed by atoms with Gasteiger partial charge >= 0.3 is 0 Å². The number of benzene rings is 1. The van der Waals surface area contributed by atoms with Crippen LogP contribution in [0.15, 0.2) is 42.4 Å². The van der Waals surface area contributed by atoms with Crippen molar-refractivity contribution in [3.63, 3.8) is 0 Å². The smallest absolute Gasteiger partial charge is 0.263 e. The first-order valence-electron chi connectivity index (χ1n) is 7.26. The van der Waals surface area contributed by atoms with Crippen LogP contribution in [0.2, 0.25) is 0 Å². The molecule has 0 saturated heterocycles. The zero-order valence-corrected chi connectivity index (χ0v) is 13.0. The molecule has 0 saturated carbocycles. The van der Waals surface area contributed by atoms with Gasteiger partial charge in [-0.3, -0.25) is 4.79 Å². The van der Waals surface area contributed by atoms with Gasteiger partial charge in [0.15, 0.2) is 0 Å². The van der Waals surface area contributed by atoms with Gasteiger partial charge in [0.25, 0.3) is 5.91 Å². The largest absolute Gasteiger partial charge is 0.345 e. The molecule has 0 spiro atoms. The van der Waals surface area contributed by atoms with Crippen molar-refractivity contribution in [3.05, 3.63) is 53.5 Å². The number of H-pyrrole nitrogens is 1. The van der Waals surface area contributed by atoms with E-state index in [1.807, 2.05) is 37.3 Å². The molecule has 0 aliphatic rings. The van der Waals surface area contributed by atoms with Gasteiger partial charge in [-0.25, -0.2) is 5.10 Å². The SMILES string of the molecule is CCc1ccc(C(C)NC(=O)/C(C#N)=C\Nc2ncn[nH]2)cc1. The summed E-state index contributed by atoms with van der Waals surface area (Å²) in [6.07, 6.45) is 3.59. The molecule has 0 radical (unpaired) electrons. The van der Waals surface area contributed by atoms with Crippen LogP contribution in [0.4, 0.5) is 5.95 Å². The van der Waals surface area contributed by atoms with E-state index in [4.69, 9.17) is 5.26 Å². The summed E-state index contributed by atoms with van der Waals surface area (Å²) < 4.78 is 0. The molecule has 3 N–H and O–H groups in total. The Balaban J connectivity index is 2.00. The molecule has 23 heavy (non-hydrogen) atoms. The normalized spacial score (nSPS) is 12.3. The van der Waals surface area contributed by atoms with Crippen molar-refractivity contribution >= 4 is 11.9 Å². The van der Waals surface area contributed by atoms with Crippen molar-refractivity contribution in [2.24, 2.45) is 0 Å². The molecule has 0 fully saturated rings. The van der Waals surface area contributed by atoms with E-state index in [0.717, 1.165) is 12.0 Å². The third-order valence-corrected chi connectivity index (χ3v) is 3.37. The molecule has 1 heterocycles. The predicted octanol–water partition coefficient (Wildman–Crippen LogP) is 2.06. The molecular formula is C16H18N6O. The van der Waals surface area contributed by atoms with Crippen molar-refractivity contribution in [2.45, 2.75) is 26.3 Å². The average molecular weight is 310 g/mol. The fourth-order valence-corrected chi connectivity index (χ4v) is 1.96. The lowest BCUT2D eigenvalue weighted by atomic mass is 10.0. The Labute approximate surface area is 134 Å². The topological polar surface area (TPSA) is 106 Å². The second kappa shape index (κ2) is 7.75. The minimum Gasteiger partial charge on any atom is -0.345 e. The number of nitrogens with one attached hydrogen (secondary N) is 3. The van der Waals surface area contributed by atoms with E-state index < -0.39 is 5.91 Å². The van der Waals surface area contributed by atoms with E-state index in [0.29, 0.717) is 5.95 Å². The summed E-state index contributed by atoms with van der Waals surface area (Å²) in [6, 6.07) is 9.69. The molecule has 2 rings (SSSR count). The van der Waals surface area contributed by atoms with Crippen LogP contribution in [0.1, 0.15) is 31.0 Å². The Kier molecular flexibility index (Phi) is 5.47. The minimum absolute atomic E-state index is 0.0431. The third-order valence-electron chi connectivity index (χ3n) is 3.37. The van der Waals surface area contributed by atoms with Gasteiger partial charge in [0.05, 0.1) is 6.04 Å². The van der Waals surface area contributed by atoms with Crippen LogP contribution in [-0.4, -0.2) is 21.1 Å². The Morgan fingerprint density at radius 2 is 2.17 bits per heavy atom. The van der Waals surface area contributed by atoms with Crippen molar-refractivity contribution in [2.75, 3.05) is 5.32 Å². The Morgan fingerprint density at radius 3 is 2.74 bits per heavy atom. The number of carbonyl (C=O) groups excluding carboxylic acids is 1. The number of carbonyl (C=O) groups is 1. The lowest BCUT2D eigenvalue weighted by Gasteiger charge is -2.14. The number of hydrogen-bond acceptors (Lipinski definition) is 5. The highest BCUT2D eigenvalue weighted by Gasteiger charge is 2.13. The first-order chi connectivity index (χ1) is 11.1. The molecule has 2 aromatic rings. The van der Waals surface area contributed by atoms with E-state index in [1.165, 1.54) is 18.1 Å². The van der Waals surface area contributed by atoms with Crippen LogP contribution in [0, 0.1) is 11.3 Å². The van der Waals surface area contributed by atoms with Crippen LogP contribution in [0.25, 0.3) is 0 Å². The van der Waals surface area contributed by atoms with Gasteiger partial charge in [-0.2, -0.15) is 15.3 Å². The predicted molar refractivity (Wildman–Crippen MR) is 86.1 cm³/mol. The van der Waals surface area contributed by atoms with Crippen molar-refractivity contribution in [1.82, 2.24) is 20.5 Å². The van der Waals surface area contributed by atoms with Crippen molar-refractivity contribution < 1.29 is 4.79 Å². The fourth-order valence-electron chi connectivity index (χ4n) is 1.96. The van der Waals surface area contributed by atoms with E-state index in [-0.39, 0.29) is 11.6 Å². The summed E-state index contributed by atoms with van der Waals surface area (Å²) in [4.78, 5) is 16.0. The van der Waals surface area contributed by atoms with E-state index in [9.17, 15) is 4.79 Å². The second-order valence-corrected chi connectivity index (χ2v) is 4.94. The summed E-state index contributed by atoms with van der Waals surface area (Å²) in [5, 5.41) is 20.9. The minimum atomic E-state index is -0.452. The molecule has 7 heteroatoms. The van der Waals surface area contributed by atoms with Crippen LogP contribution in [-0.2, 0) is 11.2 Å². The average Bonchev–Trinajstić information content (AvgIpc) is 3.09. The Bertz CT molecular complexity index is 712. The maximum Gasteiger partial charge on any atom is 0.263 e. The number of aromatic amines is 1. The van der Waals surface area contributed by atoms with E-state index in [1.54, 1.807) is 0 Å². The highest BCUT2D eigenvalue weighted by atomic mass is 16.1. The Hall–Kier alpha value is -3.14. The van der Waals surface area contributed by atoms with E-state index >= 15 is 0 Å². The number of nitriles is 1. The molecule has 7 nitrogen and oxygen atoms in total. The number of amides is 1. The molecule has 0 bridgehead atoms.